The van der Waals surface area contributed by atoms with Crippen molar-refractivity contribution in [1.82, 2.24) is 15.3 Å². The monoisotopic (exact) mass is 390 g/mol. The van der Waals surface area contributed by atoms with Crippen molar-refractivity contribution in [2.75, 3.05) is 18.0 Å². The lowest BCUT2D eigenvalue weighted by Gasteiger charge is -2.34. The Labute approximate surface area is 172 Å². The molecule has 5 heteroatoms. The normalized spacial score (nSPS) is 20.1. The average Bonchev–Trinajstić information content (AvgIpc) is 3.45. The lowest BCUT2D eigenvalue weighted by molar-refractivity contribution is -0.126. The summed E-state index contributed by atoms with van der Waals surface area (Å²) in [6.07, 6.45) is 9.93. The van der Waals surface area contributed by atoms with Gasteiger partial charge >= 0.3 is 0 Å². The van der Waals surface area contributed by atoms with E-state index in [1.807, 2.05) is 18.2 Å². The Balaban J connectivity index is 1.31. The molecule has 1 N–H and O–H groups in total. The van der Waals surface area contributed by atoms with Crippen LogP contribution < -0.4 is 10.2 Å². The summed E-state index contributed by atoms with van der Waals surface area (Å²) < 4.78 is 0. The van der Waals surface area contributed by atoms with E-state index in [9.17, 15) is 4.79 Å². The van der Waals surface area contributed by atoms with Gasteiger partial charge in [-0.1, -0.05) is 43.2 Å². The van der Waals surface area contributed by atoms with Crippen LogP contribution in [0.15, 0.2) is 30.3 Å². The van der Waals surface area contributed by atoms with Gasteiger partial charge in [-0.05, 0) is 44.9 Å². The van der Waals surface area contributed by atoms with Gasteiger partial charge in [0.05, 0.1) is 0 Å². The molecule has 29 heavy (non-hydrogen) atoms. The highest BCUT2D eigenvalue weighted by molar-refractivity contribution is 5.79. The Morgan fingerprint density at radius 2 is 1.69 bits per heavy atom. The predicted octanol–water partition coefficient (Wildman–Crippen LogP) is 3.91. The van der Waals surface area contributed by atoms with Gasteiger partial charge in [0.1, 0.15) is 5.82 Å². The molecule has 2 heterocycles. The van der Waals surface area contributed by atoms with Crippen molar-refractivity contribution in [3.05, 3.63) is 41.6 Å². The molecule has 1 aromatic heterocycles. The van der Waals surface area contributed by atoms with Crippen LogP contribution in [0.3, 0.4) is 0 Å². The fraction of sp³-hybridized carbons (Fsp3) is 0.542. The van der Waals surface area contributed by atoms with Gasteiger partial charge in [-0.15, -0.1) is 0 Å². The summed E-state index contributed by atoms with van der Waals surface area (Å²) in [6, 6.07) is 10.7. The minimum Gasteiger partial charge on any atom is -0.356 e. The number of nitrogens with zero attached hydrogens (tertiary/aromatic N) is 3. The number of carbonyl (C=O) groups excluding carboxylic acids is 1. The first kappa shape index (κ1) is 18.6. The maximum atomic E-state index is 12.7. The van der Waals surface area contributed by atoms with Gasteiger partial charge in [-0.2, -0.15) is 0 Å². The third kappa shape index (κ3) is 3.87. The van der Waals surface area contributed by atoms with Crippen LogP contribution in [-0.2, 0) is 17.6 Å². The molecule has 2 fully saturated rings. The molecule has 1 saturated heterocycles. The summed E-state index contributed by atoms with van der Waals surface area (Å²) in [5.74, 6) is 2.37. The summed E-state index contributed by atoms with van der Waals surface area (Å²) >= 11 is 0. The highest BCUT2D eigenvalue weighted by Gasteiger charge is 2.30. The SMILES string of the molecule is O=C(NC1CCCC1)C1CCN(c2nc(-c3ccccc3)nc3c2CCC3)CC1. The second kappa shape index (κ2) is 8.13. The summed E-state index contributed by atoms with van der Waals surface area (Å²) in [5.41, 5.74) is 3.63. The van der Waals surface area contributed by atoms with Crippen LogP contribution in [0.1, 0.15) is 56.2 Å². The van der Waals surface area contributed by atoms with Gasteiger partial charge in [0.2, 0.25) is 5.91 Å². The fourth-order valence-electron chi connectivity index (χ4n) is 5.13. The van der Waals surface area contributed by atoms with Gasteiger partial charge < -0.3 is 10.2 Å². The number of hydrogen-bond donors (Lipinski definition) is 1. The highest BCUT2D eigenvalue weighted by atomic mass is 16.1. The van der Waals surface area contributed by atoms with E-state index < -0.39 is 0 Å². The van der Waals surface area contributed by atoms with Crippen molar-refractivity contribution in [3.63, 3.8) is 0 Å². The zero-order chi connectivity index (χ0) is 19.6. The third-order valence-electron chi connectivity index (χ3n) is 6.81. The van der Waals surface area contributed by atoms with Crippen molar-refractivity contribution in [3.8, 4) is 11.4 Å². The van der Waals surface area contributed by atoms with Crippen LogP contribution in [0.2, 0.25) is 0 Å². The van der Waals surface area contributed by atoms with E-state index in [1.165, 1.54) is 24.1 Å². The molecule has 2 aromatic rings. The summed E-state index contributed by atoms with van der Waals surface area (Å²) in [5, 5.41) is 3.29. The Kier molecular flexibility index (Phi) is 5.21. The Morgan fingerprint density at radius 1 is 0.931 bits per heavy atom. The average molecular weight is 391 g/mol. The quantitative estimate of drug-likeness (QED) is 0.860. The zero-order valence-corrected chi connectivity index (χ0v) is 17.1. The fourth-order valence-corrected chi connectivity index (χ4v) is 5.13. The molecule has 2 aliphatic carbocycles. The lowest BCUT2D eigenvalue weighted by Crippen LogP contribution is -2.43. The van der Waals surface area contributed by atoms with Gasteiger partial charge in [0.25, 0.3) is 0 Å². The number of amides is 1. The van der Waals surface area contributed by atoms with Crippen molar-refractivity contribution in [1.29, 1.82) is 0 Å². The number of nitrogens with one attached hydrogen (secondary N) is 1. The van der Waals surface area contributed by atoms with Crippen LogP contribution >= 0.6 is 0 Å². The summed E-state index contributed by atoms with van der Waals surface area (Å²) in [6.45, 7) is 1.81. The second-order valence-electron chi connectivity index (χ2n) is 8.77. The number of carbonyl (C=O) groups is 1. The van der Waals surface area contributed by atoms with Crippen molar-refractivity contribution in [2.45, 2.75) is 63.8 Å². The van der Waals surface area contributed by atoms with E-state index in [0.29, 0.717) is 6.04 Å². The largest absolute Gasteiger partial charge is 0.356 e. The third-order valence-corrected chi connectivity index (χ3v) is 6.81. The molecule has 0 spiro atoms. The standard InChI is InChI=1S/C24H30N4O/c29-24(25-19-9-4-5-10-19)18-13-15-28(16-14-18)23-20-11-6-12-21(20)26-22(27-23)17-7-2-1-3-8-17/h1-3,7-8,18-19H,4-6,9-16H2,(H,25,29). The van der Waals surface area contributed by atoms with Crippen LogP contribution in [0.5, 0.6) is 0 Å². The molecule has 0 radical (unpaired) electrons. The molecular weight excluding hydrogens is 360 g/mol. The van der Waals surface area contributed by atoms with Crippen LogP contribution in [0.4, 0.5) is 5.82 Å². The number of aryl methyl sites for hydroxylation is 1. The topological polar surface area (TPSA) is 58.1 Å². The Morgan fingerprint density at radius 3 is 2.45 bits per heavy atom. The number of benzene rings is 1. The number of anilines is 1. The Hall–Kier alpha value is -2.43. The first-order valence-electron chi connectivity index (χ1n) is 11.3. The molecule has 1 saturated carbocycles. The Bertz CT molecular complexity index is 868. The van der Waals surface area contributed by atoms with E-state index in [2.05, 4.69) is 22.3 Å². The van der Waals surface area contributed by atoms with E-state index in [4.69, 9.17) is 9.97 Å². The molecule has 0 bridgehead atoms. The van der Waals surface area contributed by atoms with Crippen molar-refractivity contribution in [2.24, 2.45) is 5.92 Å². The molecule has 0 unspecified atom stereocenters. The smallest absolute Gasteiger partial charge is 0.223 e. The number of fused-ring (bicyclic) bond motifs is 1. The van der Waals surface area contributed by atoms with Crippen LogP contribution in [0.25, 0.3) is 11.4 Å². The molecule has 5 rings (SSSR count). The van der Waals surface area contributed by atoms with Gasteiger partial charge in [0.15, 0.2) is 5.82 Å². The molecule has 1 aliphatic heterocycles. The molecule has 1 amide bonds. The van der Waals surface area contributed by atoms with Crippen molar-refractivity contribution >= 4 is 11.7 Å². The van der Waals surface area contributed by atoms with Gasteiger partial charge in [0, 0.05) is 41.9 Å². The highest BCUT2D eigenvalue weighted by Crippen LogP contribution is 2.33. The first-order chi connectivity index (χ1) is 14.3. The van der Waals surface area contributed by atoms with E-state index in [-0.39, 0.29) is 11.8 Å². The first-order valence-corrected chi connectivity index (χ1v) is 11.3. The van der Waals surface area contributed by atoms with E-state index in [0.717, 1.165) is 75.2 Å². The number of rotatable bonds is 4. The zero-order valence-electron chi connectivity index (χ0n) is 17.1. The van der Waals surface area contributed by atoms with Crippen molar-refractivity contribution < 1.29 is 4.79 Å². The molecule has 3 aliphatic rings. The number of piperidine rings is 1. The minimum absolute atomic E-state index is 0.148. The molecular formula is C24H30N4O. The molecule has 0 atom stereocenters. The lowest BCUT2D eigenvalue weighted by atomic mass is 9.95. The van der Waals surface area contributed by atoms with Crippen LogP contribution in [0, 0.1) is 5.92 Å². The molecule has 5 nitrogen and oxygen atoms in total. The maximum Gasteiger partial charge on any atom is 0.223 e. The van der Waals surface area contributed by atoms with E-state index in [1.54, 1.807) is 0 Å². The van der Waals surface area contributed by atoms with Gasteiger partial charge in [-0.3, -0.25) is 4.79 Å². The number of aromatic nitrogens is 2. The number of hydrogen-bond acceptors (Lipinski definition) is 4. The minimum atomic E-state index is 0.148. The summed E-state index contributed by atoms with van der Waals surface area (Å²) in [4.78, 5) is 25.0. The predicted molar refractivity (Wildman–Crippen MR) is 115 cm³/mol. The summed E-state index contributed by atoms with van der Waals surface area (Å²) in [7, 11) is 0. The maximum absolute atomic E-state index is 12.7. The van der Waals surface area contributed by atoms with Crippen LogP contribution in [-0.4, -0.2) is 35.0 Å². The molecule has 152 valence electrons. The second-order valence-corrected chi connectivity index (χ2v) is 8.77. The molecule has 1 aromatic carbocycles. The van der Waals surface area contributed by atoms with E-state index >= 15 is 0 Å². The van der Waals surface area contributed by atoms with Gasteiger partial charge in [-0.25, -0.2) is 9.97 Å².